The normalized spacial score (nSPS) is 10.6. The molecule has 0 unspecified atom stereocenters. The minimum absolute atomic E-state index is 0.305. The van der Waals surface area contributed by atoms with Crippen LogP contribution >= 0.6 is 11.3 Å². The average molecular weight is 236 g/mol. The number of nitrogens with two attached hydrogens (primary N) is 2. The van der Waals surface area contributed by atoms with Crippen LogP contribution in [0.3, 0.4) is 0 Å². The number of thiophene rings is 1. The zero-order valence-electron chi connectivity index (χ0n) is 8.82. The van der Waals surface area contributed by atoms with Gasteiger partial charge < -0.3 is 16.2 Å². The Hall–Kier alpha value is -1.75. The smallest absolute Gasteiger partial charge is 0.348 e. The van der Waals surface area contributed by atoms with Crippen LogP contribution in [-0.2, 0) is 4.74 Å². The summed E-state index contributed by atoms with van der Waals surface area (Å²) in [6, 6.07) is 5.32. The number of esters is 1. The van der Waals surface area contributed by atoms with Crippen molar-refractivity contribution in [1.82, 2.24) is 0 Å². The molecule has 0 radical (unpaired) electrons. The van der Waals surface area contributed by atoms with Crippen LogP contribution in [0.5, 0.6) is 0 Å². The lowest BCUT2D eigenvalue weighted by Gasteiger charge is -1.98. The topological polar surface area (TPSA) is 78.3 Å². The fraction of sp³-hybridized carbons (Fsp3) is 0.182. The lowest BCUT2D eigenvalue weighted by atomic mass is 10.2. The predicted molar refractivity (Wildman–Crippen MR) is 66.6 cm³/mol. The summed E-state index contributed by atoms with van der Waals surface area (Å²) >= 11 is 1.36. The Labute approximate surface area is 96.8 Å². The summed E-state index contributed by atoms with van der Waals surface area (Å²) in [6.45, 7) is 2.15. The summed E-state index contributed by atoms with van der Waals surface area (Å²) in [5.41, 5.74) is 12.4. The molecule has 0 fully saturated rings. The van der Waals surface area contributed by atoms with Crippen molar-refractivity contribution in [2.24, 2.45) is 0 Å². The van der Waals surface area contributed by atoms with Gasteiger partial charge in [0.25, 0.3) is 0 Å². The van der Waals surface area contributed by atoms with Crippen molar-refractivity contribution >= 4 is 38.8 Å². The molecule has 1 aromatic carbocycles. The Morgan fingerprint density at radius 2 is 2.00 bits per heavy atom. The van der Waals surface area contributed by atoms with Crippen molar-refractivity contribution in [1.29, 1.82) is 0 Å². The van der Waals surface area contributed by atoms with Gasteiger partial charge >= 0.3 is 5.97 Å². The first-order valence-corrected chi connectivity index (χ1v) is 5.69. The molecule has 0 saturated heterocycles. The predicted octanol–water partition coefficient (Wildman–Crippen LogP) is 2.24. The molecule has 0 aliphatic rings. The molecule has 0 bridgehead atoms. The number of hydrogen-bond donors (Lipinski definition) is 2. The van der Waals surface area contributed by atoms with Gasteiger partial charge in [0, 0.05) is 4.70 Å². The lowest BCUT2D eigenvalue weighted by Crippen LogP contribution is -2.01. The first-order chi connectivity index (χ1) is 7.61. The monoisotopic (exact) mass is 236 g/mol. The van der Waals surface area contributed by atoms with Crippen LogP contribution in [0.1, 0.15) is 16.6 Å². The molecule has 0 amide bonds. The van der Waals surface area contributed by atoms with Crippen molar-refractivity contribution in [2.45, 2.75) is 6.92 Å². The maximum absolute atomic E-state index is 11.5. The van der Waals surface area contributed by atoms with E-state index in [1.807, 2.05) is 0 Å². The standard InChI is InChI=1S/C11H12N2O2S/c1-2-15-11(14)10-4-6-3-7(12)8(13)5-9(6)16-10/h3-5H,2,12-13H2,1H3. The summed E-state index contributed by atoms with van der Waals surface area (Å²) in [7, 11) is 0. The van der Waals surface area contributed by atoms with Crippen molar-refractivity contribution < 1.29 is 9.53 Å². The third-order valence-corrected chi connectivity index (χ3v) is 3.28. The Morgan fingerprint density at radius 3 is 2.69 bits per heavy atom. The number of anilines is 2. The molecule has 2 rings (SSSR count). The number of ether oxygens (including phenoxy) is 1. The van der Waals surface area contributed by atoms with Gasteiger partial charge in [0.15, 0.2) is 0 Å². The van der Waals surface area contributed by atoms with Crippen molar-refractivity contribution in [3.8, 4) is 0 Å². The van der Waals surface area contributed by atoms with Crippen LogP contribution in [0.15, 0.2) is 18.2 Å². The van der Waals surface area contributed by atoms with E-state index in [0.29, 0.717) is 22.9 Å². The number of rotatable bonds is 2. The summed E-state index contributed by atoms with van der Waals surface area (Å²) in [5.74, 6) is -0.305. The molecule has 5 heteroatoms. The molecular weight excluding hydrogens is 224 g/mol. The quantitative estimate of drug-likeness (QED) is 0.619. The van der Waals surface area contributed by atoms with Gasteiger partial charge in [0.1, 0.15) is 4.88 Å². The van der Waals surface area contributed by atoms with E-state index in [-0.39, 0.29) is 5.97 Å². The Bertz CT molecular complexity index is 509. The van der Waals surface area contributed by atoms with E-state index in [1.165, 1.54) is 11.3 Å². The SMILES string of the molecule is CCOC(=O)c1cc2cc(N)c(N)cc2s1. The second-order valence-electron chi connectivity index (χ2n) is 3.35. The first-order valence-electron chi connectivity index (χ1n) is 4.87. The molecule has 0 aliphatic heterocycles. The fourth-order valence-corrected chi connectivity index (χ4v) is 2.41. The van der Waals surface area contributed by atoms with Crippen LogP contribution in [0.25, 0.3) is 10.1 Å². The van der Waals surface area contributed by atoms with Crippen molar-refractivity contribution in [2.75, 3.05) is 18.1 Å². The minimum atomic E-state index is -0.305. The van der Waals surface area contributed by atoms with E-state index in [1.54, 1.807) is 25.1 Å². The maximum atomic E-state index is 11.5. The average Bonchev–Trinajstić information content (AvgIpc) is 2.62. The summed E-state index contributed by atoms with van der Waals surface area (Å²) in [4.78, 5) is 12.1. The van der Waals surface area contributed by atoms with Crippen LogP contribution in [0.2, 0.25) is 0 Å². The van der Waals surface area contributed by atoms with E-state index in [9.17, 15) is 4.79 Å². The van der Waals surface area contributed by atoms with Crippen LogP contribution < -0.4 is 11.5 Å². The third-order valence-electron chi connectivity index (χ3n) is 2.20. The van der Waals surface area contributed by atoms with Crippen molar-refractivity contribution in [3.63, 3.8) is 0 Å². The molecule has 1 aromatic heterocycles. The number of carbonyl (C=O) groups is 1. The highest BCUT2D eigenvalue weighted by Gasteiger charge is 2.11. The zero-order valence-corrected chi connectivity index (χ0v) is 9.64. The Morgan fingerprint density at radius 1 is 1.31 bits per heavy atom. The highest BCUT2D eigenvalue weighted by atomic mass is 32.1. The molecule has 4 nitrogen and oxygen atoms in total. The van der Waals surface area contributed by atoms with Gasteiger partial charge in [-0.1, -0.05) is 0 Å². The molecule has 1 heterocycles. The number of fused-ring (bicyclic) bond motifs is 1. The summed E-state index contributed by atoms with van der Waals surface area (Å²) < 4.78 is 5.87. The van der Waals surface area contributed by atoms with Gasteiger partial charge in [-0.05, 0) is 30.5 Å². The molecule has 2 aromatic rings. The molecular formula is C11H12N2O2S. The molecule has 0 atom stereocenters. The van der Waals surface area contributed by atoms with Gasteiger partial charge in [-0.25, -0.2) is 4.79 Å². The van der Waals surface area contributed by atoms with Crippen molar-refractivity contribution in [3.05, 3.63) is 23.1 Å². The van der Waals surface area contributed by atoms with E-state index >= 15 is 0 Å². The highest BCUT2D eigenvalue weighted by Crippen LogP contribution is 2.31. The van der Waals surface area contributed by atoms with E-state index in [2.05, 4.69) is 0 Å². The Kier molecular flexibility index (Phi) is 2.70. The van der Waals surface area contributed by atoms with Crippen LogP contribution in [0.4, 0.5) is 11.4 Å². The van der Waals surface area contributed by atoms with E-state index < -0.39 is 0 Å². The van der Waals surface area contributed by atoms with Crippen LogP contribution in [-0.4, -0.2) is 12.6 Å². The van der Waals surface area contributed by atoms with Crippen LogP contribution in [0, 0.1) is 0 Å². The molecule has 4 N–H and O–H groups in total. The molecule has 0 spiro atoms. The van der Waals surface area contributed by atoms with E-state index in [0.717, 1.165) is 10.1 Å². The van der Waals surface area contributed by atoms with Gasteiger partial charge in [0.05, 0.1) is 18.0 Å². The fourth-order valence-electron chi connectivity index (χ4n) is 1.42. The first kappa shape index (κ1) is 10.8. The Balaban J connectivity index is 2.48. The molecule has 16 heavy (non-hydrogen) atoms. The van der Waals surface area contributed by atoms with Gasteiger partial charge in [-0.2, -0.15) is 0 Å². The molecule has 0 saturated carbocycles. The molecule has 0 aliphatic carbocycles. The maximum Gasteiger partial charge on any atom is 0.348 e. The summed E-state index contributed by atoms with van der Waals surface area (Å²) in [5, 5.41) is 0.916. The highest BCUT2D eigenvalue weighted by molar-refractivity contribution is 7.20. The lowest BCUT2D eigenvalue weighted by molar-refractivity contribution is 0.0532. The van der Waals surface area contributed by atoms with Gasteiger partial charge in [-0.15, -0.1) is 11.3 Å². The zero-order chi connectivity index (χ0) is 11.7. The largest absolute Gasteiger partial charge is 0.462 e. The second kappa shape index (κ2) is 4.02. The van der Waals surface area contributed by atoms with E-state index in [4.69, 9.17) is 16.2 Å². The minimum Gasteiger partial charge on any atom is -0.462 e. The van der Waals surface area contributed by atoms with Gasteiger partial charge in [-0.3, -0.25) is 0 Å². The second-order valence-corrected chi connectivity index (χ2v) is 4.43. The van der Waals surface area contributed by atoms with Gasteiger partial charge in [0.2, 0.25) is 0 Å². The summed E-state index contributed by atoms with van der Waals surface area (Å²) in [6.07, 6.45) is 0. The third kappa shape index (κ3) is 1.81. The number of carbonyl (C=O) groups excluding carboxylic acids is 1. The number of hydrogen-bond acceptors (Lipinski definition) is 5. The molecule has 84 valence electrons. The number of nitrogen functional groups attached to an aromatic ring is 2. The number of benzene rings is 1.